The molecule has 1 aromatic rings. The second kappa shape index (κ2) is 7.38. The zero-order valence-electron chi connectivity index (χ0n) is 12.8. The molecule has 118 valence electrons. The van der Waals surface area contributed by atoms with Gasteiger partial charge in [-0.1, -0.05) is 38.3 Å². The number of nitrogens with two attached hydrogens (primary N) is 1. The van der Waals surface area contributed by atoms with E-state index < -0.39 is 10.0 Å². The van der Waals surface area contributed by atoms with Crippen LogP contribution in [0.4, 0.5) is 0 Å². The largest absolute Gasteiger partial charge is 0.329 e. The topological polar surface area (TPSA) is 63.4 Å². The first-order valence-electron chi connectivity index (χ1n) is 7.90. The summed E-state index contributed by atoms with van der Waals surface area (Å²) in [6.07, 6.45) is 6.16. The van der Waals surface area contributed by atoms with Crippen LogP contribution in [-0.2, 0) is 16.4 Å². The van der Waals surface area contributed by atoms with Crippen LogP contribution >= 0.6 is 0 Å². The quantitative estimate of drug-likeness (QED) is 0.841. The first kappa shape index (κ1) is 16.5. The molecular formula is C16H26N2O2S. The van der Waals surface area contributed by atoms with E-state index in [2.05, 4.69) is 6.92 Å². The molecule has 1 aliphatic rings. The minimum absolute atomic E-state index is 0.119. The number of sulfonamides is 1. The van der Waals surface area contributed by atoms with Gasteiger partial charge in [0.1, 0.15) is 0 Å². The zero-order valence-corrected chi connectivity index (χ0v) is 13.6. The fraction of sp³-hybridized carbons (Fsp3) is 0.625. The van der Waals surface area contributed by atoms with Crippen LogP contribution in [0.25, 0.3) is 0 Å². The van der Waals surface area contributed by atoms with Gasteiger partial charge in [0.15, 0.2) is 0 Å². The number of nitrogens with zero attached hydrogens (tertiary/aromatic N) is 1. The van der Waals surface area contributed by atoms with Gasteiger partial charge >= 0.3 is 0 Å². The van der Waals surface area contributed by atoms with Gasteiger partial charge in [-0.3, -0.25) is 0 Å². The lowest BCUT2D eigenvalue weighted by molar-refractivity contribution is 0.329. The molecule has 1 saturated carbocycles. The Morgan fingerprint density at radius 2 is 1.81 bits per heavy atom. The third kappa shape index (κ3) is 3.84. The molecular weight excluding hydrogens is 284 g/mol. The summed E-state index contributed by atoms with van der Waals surface area (Å²) in [4.78, 5) is 0.391. The molecule has 0 radical (unpaired) electrons. The van der Waals surface area contributed by atoms with E-state index in [0.717, 1.165) is 38.5 Å². The Morgan fingerprint density at radius 3 is 2.33 bits per heavy atom. The first-order valence-corrected chi connectivity index (χ1v) is 9.34. The molecule has 2 N–H and O–H groups in total. The summed E-state index contributed by atoms with van der Waals surface area (Å²) in [6.45, 7) is 2.89. The molecule has 21 heavy (non-hydrogen) atoms. The molecule has 4 nitrogen and oxygen atoms in total. The van der Waals surface area contributed by atoms with Crippen molar-refractivity contribution in [3.8, 4) is 0 Å². The minimum Gasteiger partial charge on any atom is -0.329 e. The predicted octanol–water partition coefficient (Wildman–Crippen LogP) is 2.53. The standard InChI is InChI=1S/C16H26N2O2S/c1-2-5-14-8-10-16(11-9-14)21(19,20)18(13-12-17)15-6-3-4-7-15/h8-11,15H,2-7,12-13,17H2,1H3. The van der Waals surface area contributed by atoms with E-state index in [-0.39, 0.29) is 6.04 Å². The molecule has 0 aliphatic heterocycles. The van der Waals surface area contributed by atoms with Crippen molar-refractivity contribution in [1.82, 2.24) is 4.31 Å². The van der Waals surface area contributed by atoms with Crippen molar-refractivity contribution in [1.29, 1.82) is 0 Å². The zero-order chi connectivity index (χ0) is 15.3. The number of hydrogen-bond donors (Lipinski definition) is 1. The molecule has 1 aliphatic carbocycles. The van der Waals surface area contributed by atoms with Crippen LogP contribution in [-0.4, -0.2) is 31.9 Å². The number of hydrogen-bond acceptors (Lipinski definition) is 3. The van der Waals surface area contributed by atoms with E-state index in [9.17, 15) is 8.42 Å². The SMILES string of the molecule is CCCc1ccc(S(=O)(=O)N(CCN)C2CCCC2)cc1. The third-order valence-corrected chi connectivity index (χ3v) is 6.12. The summed E-state index contributed by atoms with van der Waals surface area (Å²) >= 11 is 0. The maximum absolute atomic E-state index is 12.8. The Balaban J connectivity index is 2.24. The van der Waals surface area contributed by atoms with E-state index in [0.29, 0.717) is 18.0 Å². The van der Waals surface area contributed by atoms with Gasteiger partial charge < -0.3 is 5.73 Å². The predicted molar refractivity (Wildman–Crippen MR) is 85.6 cm³/mol. The van der Waals surface area contributed by atoms with Gasteiger partial charge in [-0.25, -0.2) is 8.42 Å². The number of benzene rings is 1. The van der Waals surface area contributed by atoms with Crippen molar-refractivity contribution in [2.24, 2.45) is 5.73 Å². The lowest BCUT2D eigenvalue weighted by Gasteiger charge is -2.27. The molecule has 0 aromatic heterocycles. The van der Waals surface area contributed by atoms with Crippen LogP contribution in [0.5, 0.6) is 0 Å². The molecule has 0 atom stereocenters. The maximum Gasteiger partial charge on any atom is 0.243 e. The van der Waals surface area contributed by atoms with E-state index in [1.807, 2.05) is 12.1 Å². The summed E-state index contributed by atoms with van der Waals surface area (Å²) in [6, 6.07) is 7.43. The van der Waals surface area contributed by atoms with Crippen molar-refractivity contribution in [2.75, 3.05) is 13.1 Å². The Morgan fingerprint density at radius 1 is 1.19 bits per heavy atom. The smallest absolute Gasteiger partial charge is 0.243 e. The molecule has 1 aromatic carbocycles. The highest BCUT2D eigenvalue weighted by molar-refractivity contribution is 7.89. The molecule has 2 rings (SSSR count). The second-order valence-corrected chi connectivity index (χ2v) is 7.63. The Hall–Kier alpha value is -0.910. The van der Waals surface area contributed by atoms with Crippen molar-refractivity contribution >= 4 is 10.0 Å². The highest BCUT2D eigenvalue weighted by Gasteiger charge is 2.32. The first-order chi connectivity index (χ1) is 10.1. The Bertz CT molecular complexity index is 534. The van der Waals surface area contributed by atoms with Crippen LogP contribution in [0.3, 0.4) is 0 Å². The maximum atomic E-state index is 12.8. The molecule has 5 heteroatoms. The third-order valence-electron chi connectivity index (χ3n) is 4.15. The van der Waals surface area contributed by atoms with Gasteiger partial charge in [0.2, 0.25) is 10.0 Å². The van der Waals surface area contributed by atoms with Crippen molar-refractivity contribution in [3.63, 3.8) is 0 Å². The average molecular weight is 310 g/mol. The molecule has 0 amide bonds. The number of rotatable bonds is 7. The van der Waals surface area contributed by atoms with Gasteiger partial charge in [-0.05, 0) is 37.0 Å². The minimum atomic E-state index is -3.43. The van der Waals surface area contributed by atoms with Gasteiger partial charge in [0, 0.05) is 19.1 Å². The normalized spacial score (nSPS) is 16.7. The van der Waals surface area contributed by atoms with Crippen LogP contribution in [0, 0.1) is 0 Å². The summed E-state index contributed by atoms with van der Waals surface area (Å²) < 4.78 is 27.3. The highest BCUT2D eigenvalue weighted by atomic mass is 32.2. The molecule has 0 bridgehead atoms. The monoisotopic (exact) mass is 310 g/mol. The fourth-order valence-electron chi connectivity index (χ4n) is 3.07. The lowest BCUT2D eigenvalue weighted by Crippen LogP contribution is -2.41. The highest BCUT2D eigenvalue weighted by Crippen LogP contribution is 2.28. The molecule has 0 saturated heterocycles. The van der Waals surface area contributed by atoms with Crippen LogP contribution in [0.1, 0.15) is 44.6 Å². The summed E-state index contributed by atoms with van der Waals surface area (Å²) in [5.41, 5.74) is 6.81. The van der Waals surface area contributed by atoms with E-state index >= 15 is 0 Å². The van der Waals surface area contributed by atoms with Crippen molar-refractivity contribution in [3.05, 3.63) is 29.8 Å². The molecule has 0 spiro atoms. The van der Waals surface area contributed by atoms with Crippen LogP contribution in [0.2, 0.25) is 0 Å². The molecule has 0 heterocycles. The molecule has 1 fully saturated rings. The van der Waals surface area contributed by atoms with E-state index in [1.54, 1.807) is 16.4 Å². The van der Waals surface area contributed by atoms with Crippen molar-refractivity contribution in [2.45, 2.75) is 56.4 Å². The summed E-state index contributed by atoms with van der Waals surface area (Å²) in [5.74, 6) is 0. The van der Waals surface area contributed by atoms with Gasteiger partial charge in [-0.2, -0.15) is 4.31 Å². The van der Waals surface area contributed by atoms with Gasteiger partial charge in [0.05, 0.1) is 4.90 Å². The number of aryl methyl sites for hydroxylation is 1. The lowest BCUT2D eigenvalue weighted by atomic mass is 10.1. The van der Waals surface area contributed by atoms with E-state index in [4.69, 9.17) is 5.73 Å². The van der Waals surface area contributed by atoms with Gasteiger partial charge in [-0.15, -0.1) is 0 Å². The van der Waals surface area contributed by atoms with Crippen LogP contribution < -0.4 is 5.73 Å². The fourth-order valence-corrected chi connectivity index (χ4v) is 4.77. The second-order valence-electron chi connectivity index (χ2n) is 5.74. The summed E-state index contributed by atoms with van der Waals surface area (Å²) in [7, 11) is -3.43. The van der Waals surface area contributed by atoms with Crippen molar-refractivity contribution < 1.29 is 8.42 Å². The van der Waals surface area contributed by atoms with E-state index in [1.165, 1.54) is 5.56 Å². The Kier molecular flexibility index (Phi) is 5.79. The Labute approximate surface area is 128 Å². The van der Waals surface area contributed by atoms with Gasteiger partial charge in [0.25, 0.3) is 0 Å². The average Bonchev–Trinajstić information content (AvgIpc) is 2.99. The summed E-state index contributed by atoms with van der Waals surface area (Å²) in [5, 5.41) is 0. The molecule has 0 unspecified atom stereocenters. The van der Waals surface area contributed by atoms with Crippen LogP contribution in [0.15, 0.2) is 29.2 Å².